The Bertz CT molecular complexity index is 1330. The predicted octanol–water partition coefficient (Wildman–Crippen LogP) is 6.66. The average Bonchev–Trinajstić information content (AvgIpc) is 3.21. The molecule has 1 aliphatic rings. The molecule has 0 N–H and O–H groups in total. The van der Waals surface area contributed by atoms with Crippen LogP contribution in [0.25, 0.3) is 32.9 Å². The molecule has 1 aromatic heterocycles. The molecule has 2 aromatic carbocycles. The van der Waals surface area contributed by atoms with E-state index in [9.17, 15) is 4.79 Å². The Hall–Kier alpha value is -3.95. The SMILES string of the molecule is C#CCOc1ccc(-c2nc3ccccc3n2CC(=O)O[C@@H]2C[C@H](C)CC[C@H]2C(C)C)cc1N=[N+]=[N-]. The second-order valence-electron chi connectivity index (χ2n) is 9.73. The fourth-order valence-electron chi connectivity index (χ4n) is 5.07. The van der Waals surface area contributed by atoms with E-state index in [1.54, 1.807) is 12.1 Å². The quantitative estimate of drug-likeness (QED) is 0.117. The first-order valence-corrected chi connectivity index (χ1v) is 12.3. The minimum absolute atomic E-state index is 0.0255. The predicted molar refractivity (Wildman–Crippen MR) is 140 cm³/mol. The van der Waals surface area contributed by atoms with Crippen LogP contribution in [0.3, 0.4) is 0 Å². The second-order valence-corrected chi connectivity index (χ2v) is 9.73. The molecule has 0 radical (unpaired) electrons. The number of fused-ring (bicyclic) bond motifs is 1. The smallest absolute Gasteiger partial charge is 0.326 e. The number of aromatic nitrogens is 2. The molecular formula is C28H31N5O3. The van der Waals surface area contributed by atoms with Crippen molar-refractivity contribution in [1.82, 2.24) is 9.55 Å². The van der Waals surface area contributed by atoms with Crippen molar-refractivity contribution in [3.63, 3.8) is 0 Å². The van der Waals surface area contributed by atoms with Gasteiger partial charge in [0, 0.05) is 10.5 Å². The Morgan fingerprint density at radius 3 is 2.86 bits per heavy atom. The van der Waals surface area contributed by atoms with Crippen molar-refractivity contribution in [2.24, 2.45) is 22.9 Å². The summed E-state index contributed by atoms with van der Waals surface area (Å²) in [5.74, 6) is 4.43. The number of nitrogens with zero attached hydrogens (tertiary/aromatic N) is 5. The van der Waals surface area contributed by atoms with Crippen molar-refractivity contribution in [3.05, 3.63) is 52.9 Å². The molecule has 1 aliphatic carbocycles. The lowest BCUT2D eigenvalue weighted by molar-refractivity contribution is -0.156. The molecule has 0 bridgehead atoms. The molecule has 0 unspecified atom stereocenters. The number of hydrogen-bond donors (Lipinski definition) is 0. The minimum atomic E-state index is -0.284. The number of ether oxygens (including phenoxy) is 2. The van der Waals surface area contributed by atoms with Crippen LogP contribution in [-0.2, 0) is 16.1 Å². The van der Waals surface area contributed by atoms with Gasteiger partial charge < -0.3 is 14.0 Å². The fourth-order valence-corrected chi connectivity index (χ4v) is 5.07. The molecule has 0 spiro atoms. The van der Waals surface area contributed by atoms with Crippen molar-refractivity contribution in [1.29, 1.82) is 0 Å². The lowest BCUT2D eigenvalue weighted by atomic mass is 9.75. The monoisotopic (exact) mass is 485 g/mol. The third-order valence-electron chi connectivity index (χ3n) is 6.87. The van der Waals surface area contributed by atoms with Crippen molar-refractivity contribution < 1.29 is 14.3 Å². The van der Waals surface area contributed by atoms with Gasteiger partial charge in [0.25, 0.3) is 0 Å². The number of imidazole rings is 1. The first kappa shape index (κ1) is 25.2. The zero-order valence-corrected chi connectivity index (χ0v) is 20.9. The zero-order valence-electron chi connectivity index (χ0n) is 20.9. The van der Waals surface area contributed by atoms with Gasteiger partial charge in [0.15, 0.2) is 0 Å². The van der Waals surface area contributed by atoms with E-state index in [1.807, 2.05) is 34.9 Å². The van der Waals surface area contributed by atoms with E-state index in [1.165, 1.54) is 6.42 Å². The molecule has 0 aliphatic heterocycles. The standard InChI is InChI=1S/C28H31N5O3/c1-5-14-35-25-13-11-20(16-23(25)31-32-29)28-30-22-8-6-7-9-24(22)33(28)17-27(34)36-26-15-19(4)10-12-21(26)18(2)3/h1,6-9,11,13,16,18-19,21,26H,10,12,14-15,17H2,2-4H3/t19-,21+,26-/m1/s1. The van der Waals surface area contributed by atoms with E-state index >= 15 is 0 Å². The van der Waals surface area contributed by atoms with Crippen LogP contribution in [0.2, 0.25) is 0 Å². The number of para-hydroxylation sites is 2. The summed E-state index contributed by atoms with van der Waals surface area (Å²) in [5, 5.41) is 3.76. The Morgan fingerprint density at radius 2 is 2.11 bits per heavy atom. The second kappa shape index (κ2) is 11.2. The van der Waals surface area contributed by atoms with Gasteiger partial charge in [0.05, 0.1) is 16.7 Å². The van der Waals surface area contributed by atoms with E-state index in [0.29, 0.717) is 40.6 Å². The molecule has 1 saturated carbocycles. The molecule has 1 fully saturated rings. The third kappa shape index (κ3) is 5.48. The fraction of sp³-hybridized carbons (Fsp3) is 0.429. The molecule has 8 nitrogen and oxygen atoms in total. The van der Waals surface area contributed by atoms with Crippen LogP contribution in [-0.4, -0.2) is 28.2 Å². The van der Waals surface area contributed by atoms with Crippen molar-refractivity contribution >= 4 is 22.7 Å². The highest BCUT2D eigenvalue weighted by Crippen LogP contribution is 2.36. The molecule has 3 atom stereocenters. The number of hydrogen-bond acceptors (Lipinski definition) is 5. The molecular weight excluding hydrogens is 454 g/mol. The summed E-state index contributed by atoms with van der Waals surface area (Å²) < 4.78 is 13.4. The van der Waals surface area contributed by atoms with Crippen LogP contribution in [0.15, 0.2) is 47.6 Å². The van der Waals surface area contributed by atoms with Crippen LogP contribution in [0.5, 0.6) is 5.75 Å². The maximum absolute atomic E-state index is 13.2. The summed E-state index contributed by atoms with van der Waals surface area (Å²) in [6.45, 7) is 6.69. The van der Waals surface area contributed by atoms with Gasteiger partial charge in [-0.25, -0.2) is 4.98 Å². The van der Waals surface area contributed by atoms with E-state index in [0.717, 1.165) is 23.9 Å². The van der Waals surface area contributed by atoms with Crippen LogP contribution < -0.4 is 4.74 Å². The van der Waals surface area contributed by atoms with Crippen LogP contribution >= 0.6 is 0 Å². The highest BCUT2D eigenvalue weighted by atomic mass is 16.5. The lowest BCUT2D eigenvalue weighted by Crippen LogP contribution is -2.36. The van der Waals surface area contributed by atoms with Gasteiger partial charge in [-0.2, -0.15) is 0 Å². The molecule has 186 valence electrons. The molecule has 36 heavy (non-hydrogen) atoms. The first-order valence-electron chi connectivity index (χ1n) is 12.3. The molecule has 1 heterocycles. The van der Waals surface area contributed by atoms with Crippen LogP contribution in [0.1, 0.15) is 40.0 Å². The van der Waals surface area contributed by atoms with Gasteiger partial charge in [0.2, 0.25) is 0 Å². The highest BCUT2D eigenvalue weighted by Gasteiger charge is 2.33. The van der Waals surface area contributed by atoms with Gasteiger partial charge in [-0.15, -0.1) is 6.42 Å². The molecule has 8 heteroatoms. The molecule has 0 amide bonds. The van der Waals surface area contributed by atoms with Crippen molar-refractivity contribution in [3.8, 4) is 29.5 Å². The Morgan fingerprint density at radius 1 is 1.31 bits per heavy atom. The van der Waals surface area contributed by atoms with E-state index < -0.39 is 0 Å². The van der Waals surface area contributed by atoms with Gasteiger partial charge in [-0.1, -0.05) is 50.4 Å². The van der Waals surface area contributed by atoms with E-state index in [4.69, 9.17) is 26.4 Å². The van der Waals surface area contributed by atoms with Crippen LogP contribution in [0, 0.1) is 30.1 Å². The van der Waals surface area contributed by atoms with Crippen molar-refractivity contribution in [2.45, 2.75) is 52.7 Å². The summed E-state index contributed by atoms with van der Waals surface area (Å²) in [6, 6.07) is 12.8. The zero-order chi connectivity index (χ0) is 25.7. The lowest BCUT2D eigenvalue weighted by Gasteiger charge is -2.36. The van der Waals surface area contributed by atoms with Gasteiger partial charge >= 0.3 is 5.97 Å². The van der Waals surface area contributed by atoms with Gasteiger partial charge in [-0.05, 0) is 66.5 Å². The minimum Gasteiger partial charge on any atom is -0.480 e. The first-order chi connectivity index (χ1) is 17.4. The largest absolute Gasteiger partial charge is 0.480 e. The number of terminal acetylenes is 1. The van der Waals surface area contributed by atoms with E-state index in [2.05, 4.69) is 36.7 Å². The number of esters is 1. The number of carbonyl (C=O) groups excluding carboxylic acids is 1. The maximum atomic E-state index is 13.2. The number of rotatable bonds is 8. The maximum Gasteiger partial charge on any atom is 0.326 e. The molecule has 4 rings (SSSR count). The van der Waals surface area contributed by atoms with Gasteiger partial charge in [-0.3, -0.25) is 4.79 Å². The third-order valence-corrected chi connectivity index (χ3v) is 6.87. The van der Waals surface area contributed by atoms with E-state index in [-0.39, 0.29) is 25.2 Å². The van der Waals surface area contributed by atoms with Gasteiger partial charge in [0.1, 0.15) is 30.8 Å². The Kier molecular flexibility index (Phi) is 7.82. The number of carbonyl (C=O) groups is 1. The van der Waals surface area contributed by atoms with Crippen LogP contribution in [0.4, 0.5) is 5.69 Å². The highest BCUT2D eigenvalue weighted by molar-refractivity contribution is 5.84. The summed E-state index contributed by atoms with van der Waals surface area (Å²) in [5.41, 5.74) is 11.6. The summed E-state index contributed by atoms with van der Waals surface area (Å²) in [6.07, 6.45) is 8.35. The Balaban J connectivity index is 1.67. The number of azide groups is 1. The summed E-state index contributed by atoms with van der Waals surface area (Å²) in [7, 11) is 0. The number of benzene rings is 2. The van der Waals surface area contributed by atoms with Crippen molar-refractivity contribution in [2.75, 3.05) is 6.61 Å². The topological polar surface area (TPSA) is 102 Å². The summed E-state index contributed by atoms with van der Waals surface area (Å²) in [4.78, 5) is 20.9. The molecule has 0 saturated heterocycles. The average molecular weight is 486 g/mol. The normalized spacial score (nSPS) is 19.5. The summed E-state index contributed by atoms with van der Waals surface area (Å²) >= 11 is 0. The Labute approximate surface area is 211 Å². The molecule has 3 aromatic rings.